The first kappa shape index (κ1) is 15.3. The average molecular weight is 366 g/mol. The van der Waals surface area contributed by atoms with Crippen LogP contribution in [0.25, 0.3) is 54.2 Å². The van der Waals surface area contributed by atoms with Crippen molar-refractivity contribution in [3.63, 3.8) is 0 Å². The molecule has 0 radical (unpaired) electrons. The molecule has 29 heavy (non-hydrogen) atoms. The van der Waals surface area contributed by atoms with Gasteiger partial charge in [-0.15, -0.1) is 0 Å². The van der Waals surface area contributed by atoms with Crippen LogP contribution >= 0.6 is 0 Å². The molecule has 0 heterocycles. The zero-order chi connectivity index (χ0) is 18.9. The Morgan fingerprint density at radius 1 is 0.414 bits per heavy atom. The number of hydrogen-bond acceptors (Lipinski definition) is 0. The summed E-state index contributed by atoms with van der Waals surface area (Å²) in [5.74, 6) is 0. The number of benzene rings is 6. The first-order valence-corrected chi connectivity index (χ1v) is 10.2. The van der Waals surface area contributed by atoms with Gasteiger partial charge in [-0.25, -0.2) is 0 Å². The lowest BCUT2D eigenvalue weighted by Gasteiger charge is -2.09. The molecular formula is C29H18. The highest BCUT2D eigenvalue weighted by Gasteiger charge is 2.21. The lowest BCUT2D eigenvalue weighted by Crippen LogP contribution is -1.85. The predicted octanol–water partition coefficient (Wildman–Crippen LogP) is 7.87. The van der Waals surface area contributed by atoms with Crippen molar-refractivity contribution in [1.82, 2.24) is 0 Å². The minimum absolute atomic E-state index is 1.01. The van der Waals surface area contributed by atoms with Crippen molar-refractivity contribution in [2.75, 3.05) is 0 Å². The minimum atomic E-state index is 1.01. The van der Waals surface area contributed by atoms with Crippen molar-refractivity contribution in [2.45, 2.75) is 6.42 Å². The molecule has 134 valence electrons. The van der Waals surface area contributed by atoms with Gasteiger partial charge in [0.2, 0.25) is 0 Å². The van der Waals surface area contributed by atoms with Crippen LogP contribution in [0.4, 0.5) is 0 Å². The Morgan fingerprint density at radius 2 is 1.10 bits per heavy atom. The van der Waals surface area contributed by atoms with Gasteiger partial charge >= 0.3 is 0 Å². The van der Waals surface area contributed by atoms with Crippen LogP contribution in [0.3, 0.4) is 0 Å². The van der Waals surface area contributed by atoms with Crippen molar-refractivity contribution in [3.8, 4) is 11.1 Å². The summed E-state index contributed by atoms with van der Waals surface area (Å²) in [5.41, 5.74) is 5.73. The summed E-state index contributed by atoms with van der Waals surface area (Å²) in [6, 6.07) is 36.0. The number of hydrogen-bond donors (Lipinski definition) is 0. The SMILES string of the molecule is c1ccc2cc3c4c(ccc3cc2c1)-c1cc2ccc3ccccc3c2cc1C4. The summed E-state index contributed by atoms with van der Waals surface area (Å²) < 4.78 is 0. The fourth-order valence-electron chi connectivity index (χ4n) is 5.21. The largest absolute Gasteiger partial charge is 0.0616 e. The van der Waals surface area contributed by atoms with E-state index in [1.165, 1.54) is 65.3 Å². The highest BCUT2D eigenvalue weighted by molar-refractivity contribution is 6.10. The van der Waals surface area contributed by atoms with Crippen molar-refractivity contribution in [3.05, 3.63) is 108 Å². The van der Waals surface area contributed by atoms with E-state index in [1.807, 2.05) is 0 Å². The van der Waals surface area contributed by atoms with Gasteiger partial charge in [0.25, 0.3) is 0 Å². The molecule has 0 unspecified atom stereocenters. The van der Waals surface area contributed by atoms with Crippen LogP contribution in [0.2, 0.25) is 0 Å². The van der Waals surface area contributed by atoms with E-state index in [-0.39, 0.29) is 0 Å². The first-order chi connectivity index (χ1) is 14.3. The number of rotatable bonds is 0. The Bertz CT molecular complexity index is 1620. The summed E-state index contributed by atoms with van der Waals surface area (Å²) in [6.07, 6.45) is 1.01. The minimum Gasteiger partial charge on any atom is -0.0616 e. The summed E-state index contributed by atoms with van der Waals surface area (Å²) >= 11 is 0. The number of fused-ring (bicyclic) bond motifs is 9. The molecule has 0 bridgehead atoms. The fraction of sp³-hybridized carbons (Fsp3) is 0.0345. The average Bonchev–Trinajstić information content (AvgIpc) is 3.14. The van der Waals surface area contributed by atoms with Crippen LogP contribution in [0.15, 0.2) is 97.1 Å². The molecule has 0 fully saturated rings. The van der Waals surface area contributed by atoms with E-state index in [9.17, 15) is 0 Å². The second kappa shape index (κ2) is 5.46. The summed E-state index contributed by atoms with van der Waals surface area (Å²) in [6.45, 7) is 0. The van der Waals surface area contributed by atoms with Crippen LogP contribution in [0.1, 0.15) is 11.1 Å². The van der Waals surface area contributed by atoms with Crippen LogP contribution in [-0.4, -0.2) is 0 Å². The predicted molar refractivity (Wildman–Crippen MR) is 125 cm³/mol. The maximum Gasteiger partial charge on any atom is -0.000705 e. The molecule has 0 N–H and O–H groups in total. The van der Waals surface area contributed by atoms with E-state index in [0.29, 0.717) is 0 Å². The van der Waals surface area contributed by atoms with Gasteiger partial charge < -0.3 is 0 Å². The molecule has 1 aliphatic carbocycles. The summed E-state index contributed by atoms with van der Waals surface area (Å²) in [5, 5.41) is 10.7. The van der Waals surface area contributed by atoms with Gasteiger partial charge in [-0.2, -0.15) is 0 Å². The molecule has 6 aromatic carbocycles. The normalized spacial score (nSPS) is 12.7. The van der Waals surface area contributed by atoms with Crippen molar-refractivity contribution >= 4 is 43.1 Å². The second-order valence-electron chi connectivity index (χ2n) is 8.21. The molecule has 0 aliphatic heterocycles. The summed E-state index contributed by atoms with van der Waals surface area (Å²) in [4.78, 5) is 0. The third-order valence-electron chi connectivity index (χ3n) is 6.62. The van der Waals surface area contributed by atoms with Crippen LogP contribution in [0, 0.1) is 0 Å². The van der Waals surface area contributed by atoms with Gasteiger partial charge in [-0.1, -0.05) is 72.8 Å². The van der Waals surface area contributed by atoms with Crippen molar-refractivity contribution in [1.29, 1.82) is 0 Å². The molecule has 0 nitrogen and oxygen atoms in total. The van der Waals surface area contributed by atoms with Crippen molar-refractivity contribution < 1.29 is 0 Å². The molecule has 0 amide bonds. The topological polar surface area (TPSA) is 0 Å². The standard InChI is InChI=1S/C29H18/c1-2-7-20-14-27-21(13-19(20)6-1)11-12-25-28-15-22-10-9-18-5-3-4-8-24(18)26(22)16-23(28)17-29(25)27/h1-16H,17H2. The third kappa shape index (κ3) is 2.09. The fourth-order valence-corrected chi connectivity index (χ4v) is 5.21. The first-order valence-electron chi connectivity index (χ1n) is 10.2. The lowest BCUT2D eigenvalue weighted by molar-refractivity contribution is 1.29. The highest BCUT2D eigenvalue weighted by Crippen LogP contribution is 2.43. The van der Waals surface area contributed by atoms with Gasteiger partial charge in [0.1, 0.15) is 0 Å². The van der Waals surface area contributed by atoms with E-state index in [4.69, 9.17) is 0 Å². The molecule has 7 rings (SSSR count). The molecule has 6 aromatic rings. The highest BCUT2D eigenvalue weighted by atomic mass is 14.2. The summed E-state index contributed by atoms with van der Waals surface area (Å²) in [7, 11) is 0. The Morgan fingerprint density at radius 3 is 2.00 bits per heavy atom. The molecule has 0 atom stereocenters. The van der Waals surface area contributed by atoms with E-state index < -0.39 is 0 Å². The van der Waals surface area contributed by atoms with E-state index in [1.54, 1.807) is 0 Å². The Kier molecular flexibility index (Phi) is 2.88. The smallest absolute Gasteiger partial charge is 0.000705 e. The van der Waals surface area contributed by atoms with Crippen molar-refractivity contribution in [2.24, 2.45) is 0 Å². The molecule has 0 saturated heterocycles. The van der Waals surface area contributed by atoms with Gasteiger partial charge in [0.15, 0.2) is 0 Å². The molecule has 0 aromatic heterocycles. The third-order valence-corrected chi connectivity index (χ3v) is 6.62. The molecular weight excluding hydrogens is 348 g/mol. The quantitative estimate of drug-likeness (QED) is 0.189. The van der Waals surface area contributed by atoms with Crippen LogP contribution in [-0.2, 0) is 6.42 Å². The zero-order valence-corrected chi connectivity index (χ0v) is 15.9. The molecule has 0 heteroatoms. The molecule has 1 aliphatic rings. The van der Waals surface area contributed by atoms with Crippen LogP contribution in [0.5, 0.6) is 0 Å². The Labute approximate surface area is 169 Å². The Balaban J connectivity index is 1.53. The van der Waals surface area contributed by atoms with Gasteiger partial charge in [0.05, 0.1) is 0 Å². The van der Waals surface area contributed by atoms with Gasteiger partial charge in [-0.05, 0) is 96.0 Å². The van der Waals surface area contributed by atoms with Crippen LogP contribution < -0.4 is 0 Å². The zero-order valence-electron chi connectivity index (χ0n) is 15.9. The van der Waals surface area contributed by atoms with Gasteiger partial charge in [0, 0.05) is 0 Å². The molecule has 0 spiro atoms. The maximum atomic E-state index is 2.43. The van der Waals surface area contributed by atoms with Gasteiger partial charge in [-0.3, -0.25) is 0 Å². The maximum absolute atomic E-state index is 2.43. The van der Waals surface area contributed by atoms with E-state index in [2.05, 4.69) is 97.1 Å². The molecule has 0 saturated carbocycles. The second-order valence-corrected chi connectivity index (χ2v) is 8.21. The monoisotopic (exact) mass is 366 g/mol. The Hall–Kier alpha value is -3.64. The van der Waals surface area contributed by atoms with E-state index >= 15 is 0 Å². The lowest BCUT2D eigenvalue weighted by atomic mass is 9.95. The van der Waals surface area contributed by atoms with E-state index in [0.717, 1.165) is 6.42 Å².